The summed E-state index contributed by atoms with van der Waals surface area (Å²) in [5.41, 5.74) is 6.53. The molecule has 1 saturated carbocycles. The van der Waals surface area contributed by atoms with Crippen LogP contribution in [0.1, 0.15) is 85.2 Å². The fourth-order valence-electron chi connectivity index (χ4n) is 7.67. The number of benzene rings is 3. The smallest absolute Gasteiger partial charge is 0.416 e. The van der Waals surface area contributed by atoms with Crippen molar-refractivity contribution in [3.05, 3.63) is 101 Å². The third-order valence-electron chi connectivity index (χ3n) is 10.7. The molecule has 3 amide bonds. The number of Topliss-reactive ketones (excluding diaryl/α,β-unsaturated/α-hetero) is 1. The Morgan fingerprint density at radius 2 is 1.62 bits per heavy atom. The maximum Gasteiger partial charge on any atom is 0.416 e. The van der Waals surface area contributed by atoms with Crippen molar-refractivity contribution in [1.29, 1.82) is 0 Å². The number of alkyl carbamates (subject to hydrolysis) is 1. The minimum absolute atomic E-state index is 0.0446. The van der Waals surface area contributed by atoms with Crippen LogP contribution in [-0.2, 0) is 38.3 Å². The van der Waals surface area contributed by atoms with Gasteiger partial charge in [0.2, 0.25) is 17.6 Å². The first-order chi connectivity index (χ1) is 28.0. The van der Waals surface area contributed by atoms with Crippen molar-refractivity contribution < 1.29 is 46.2 Å². The van der Waals surface area contributed by atoms with E-state index in [1.54, 1.807) is 54.6 Å². The molecule has 310 valence electrons. The molecule has 1 aliphatic carbocycles. The molecule has 4 N–H and O–H groups in total. The van der Waals surface area contributed by atoms with E-state index in [9.17, 15) is 32.3 Å². The van der Waals surface area contributed by atoms with E-state index in [1.807, 2.05) is 0 Å². The number of likely N-dealkylation sites (tertiary alicyclic amines) is 1. The quantitative estimate of drug-likeness (QED) is 0.0774. The van der Waals surface area contributed by atoms with Crippen molar-refractivity contribution in [1.82, 2.24) is 20.5 Å². The molecular weight excluding hydrogens is 755 g/mol. The first kappa shape index (κ1) is 42.3. The summed E-state index contributed by atoms with van der Waals surface area (Å²) in [5, 5.41) is 5.43. The van der Waals surface area contributed by atoms with Crippen LogP contribution in [0.25, 0.3) is 11.1 Å². The summed E-state index contributed by atoms with van der Waals surface area (Å²) < 4.78 is 58.8. The number of rotatable bonds is 17. The van der Waals surface area contributed by atoms with Crippen LogP contribution in [0.5, 0.6) is 0 Å². The zero-order valence-electron chi connectivity index (χ0n) is 32.3. The van der Waals surface area contributed by atoms with Crippen LogP contribution in [0.4, 0.5) is 18.0 Å². The number of para-hydroxylation sites is 2. The molecule has 12 nitrogen and oxygen atoms in total. The fourth-order valence-corrected chi connectivity index (χ4v) is 7.67. The van der Waals surface area contributed by atoms with Gasteiger partial charge in [-0.1, -0.05) is 79.9 Å². The Hall–Kier alpha value is -5.28. The maximum absolute atomic E-state index is 14.7. The van der Waals surface area contributed by atoms with Crippen molar-refractivity contribution >= 4 is 34.8 Å². The highest BCUT2D eigenvalue weighted by molar-refractivity contribution is 6.01. The molecule has 0 unspecified atom stereocenters. The van der Waals surface area contributed by atoms with Crippen LogP contribution >= 0.6 is 0 Å². The molecule has 1 aromatic heterocycles. The molecule has 0 radical (unpaired) electrons. The number of carbonyl (C=O) groups excluding carboxylic acids is 4. The lowest BCUT2D eigenvalue weighted by molar-refractivity contribution is -0.143. The third-order valence-corrected chi connectivity index (χ3v) is 10.7. The molecule has 1 saturated heterocycles. The average Bonchev–Trinajstić information content (AvgIpc) is 3.87. The van der Waals surface area contributed by atoms with Gasteiger partial charge in [-0.05, 0) is 80.3 Å². The van der Waals surface area contributed by atoms with Gasteiger partial charge < -0.3 is 35.2 Å². The van der Waals surface area contributed by atoms with Crippen LogP contribution in [0, 0.1) is 5.92 Å². The van der Waals surface area contributed by atoms with E-state index < -0.39 is 59.7 Å². The van der Waals surface area contributed by atoms with Gasteiger partial charge in [0, 0.05) is 19.6 Å². The van der Waals surface area contributed by atoms with Gasteiger partial charge in [0.1, 0.15) is 24.2 Å². The molecule has 58 heavy (non-hydrogen) atoms. The number of carbonyl (C=O) groups is 4. The molecular formula is C43H50F3N5O7. The van der Waals surface area contributed by atoms with Crippen molar-refractivity contribution in [2.24, 2.45) is 11.7 Å². The number of hydrogen-bond acceptors (Lipinski definition) is 9. The zero-order valence-corrected chi connectivity index (χ0v) is 32.3. The summed E-state index contributed by atoms with van der Waals surface area (Å²) in [6.07, 6.45) is 0.0632. The number of hydrogen-bond donors (Lipinski definition) is 3. The summed E-state index contributed by atoms with van der Waals surface area (Å²) in [6.45, 7) is 0.662. The summed E-state index contributed by atoms with van der Waals surface area (Å²) in [6, 6.07) is 16.5. The monoisotopic (exact) mass is 805 g/mol. The SMILES string of the molecule is NCCCC[C@H](NC(=O)[C@@H]1[C@@H](OCC2CCCCC2)CCN1C(=O)[C@@H](Cc1cccc(C(F)(F)F)c1)NC(=O)OCc1ccccc1)C(=O)c1nc2ccccc2o1. The lowest BCUT2D eigenvalue weighted by atomic mass is 9.90. The molecule has 1 aliphatic heterocycles. The van der Waals surface area contributed by atoms with Crippen molar-refractivity contribution in [3.63, 3.8) is 0 Å². The van der Waals surface area contributed by atoms with Crippen LogP contribution in [0.2, 0.25) is 0 Å². The molecule has 2 heterocycles. The van der Waals surface area contributed by atoms with Gasteiger partial charge in [0.05, 0.1) is 17.7 Å². The zero-order chi connectivity index (χ0) is 41.1. The predicted octanol–water partition coefficient (Wildman–Crippen LogP) is 6.75. The van der Waals surface area contributed by atoms with E-state index in [4.69, 9.17) is 19.6 Å². The summed E-state index contributed by atoms with van der Waals surface area (Å²) in [5.74, 6) is -1.83. The van der Waals surface area contributed by atoms with Gasteiger partial charge in [-0.2, -0.15) is 13.2 Å². The lowest BCUT2D eigenvalue weighted by Crippen LogP contribution is -2.58. The number of ether oxygens (including phenoxy) is 2. The van der Waals surface area contributed by atoms with Gasteiger partial charge in [-0.3, -0.25) is 14.4 Å². The molecule has 15 heteroatoms. The van der Waals surface area contributed by atoms with E-state index >= 15 is 0 Å². The Morgan fingerprint density at radius 3 is 2.36 bits per heavy atom. The van der Waals surface area contributed by atoms with Crippen molar-refractivity contribution in [2.75, 3.05) is 19.7 Å². The number of fused-ring (bicyclic) bond motifs is 1. The van der Waals surface area contributed by atoms with E-state index in [2.05, 4.69) is 15.6 Å². The number of nitrogens with one attached hydrogen (secondary N) is 2. The van der Waals surface area contributed by atoms with Gasteiger partial charge >= 0.3 is 12.3 Å². The number of alkyl halides is 3. The molecule has 2 fully saturated rings. The van der Waals surface area contributed by atoms with Crippen molar-refractivity contribution in [3.8, 4) is 0 Å². The van der Waals surface area contributed by atoms with Crippen LogP contribution < -0.4 is 16.4 Å². The average molecular weight is 806 g/mol. The largest absolute Gasteiger partial charge is 0.445 e. The second-order valence-corrected chi connectivity index (χ2v) is 15.0. The second kappa shape index (κ2) is 19.9. The highest BCUT2D eigenvalue weighted by Gasteiger charge is 2.46. The molecule has 6 rings (SSSR count). The molecule has 4 atom stereocenters. The van der Waals surface area contributed by atoms with Crippen LogP contribution in [0.15, 0.2) is 83.3 Å². The second-order valence-electron chi connectivity index (χ2n) is 15.0. The Morgan fingerprint density at radius 1 is 0.879 bits per heavy atom. The van der Waals surface area contributed by atoms with Crippen LogP contribution in [0.3, 0.4) is 0 Å². The summed E-state index contributed by atoms with van der Waals surface area (Å²) in [4.78, 5) is 62.0. The number of nitrogens with two attached hydrogens (primary N) is 1. The number of oxazole rings is 1. The minimum Gasteiger partial charge on any atom is -0.445 e. The van der Waals surface area contributed by atoms with Gasteiger partial charge in [0.25, 0.3) is 5.89 Å². The Labute approximate surface area is 335 Å². The Bertz CT molecular complexity index is 1970. The Balaban J connectivity index is 1.27. The highest BCUT2D eigenvalue weighted by Crippen LogP contribution is 2.31. The first-order valence-corrected chi connectivity index (χ1v) is 20.0. The first-order valence-electron chi connectivity index (χ1n) is 20.0. The Kier molecular flexibility index (Phi) is 14.5. The predicted molar refractivity (Wildman–Crippen MR) is 208 cm³/mol. The van der Waals surface area contributed by atoms with Gasteiger partial charge in [0.15, 0.2) is 5.58 Å². The number of halogens is 3. The van der Waals surface area contributed by atoms with E-state index in [0.29, 0.717) is 42.7 Å². The van der Waals surface area contributed by atoms with Crippen molar-refractivity contribution in [2.45, 2.75) is 101 Å². The number of amides is 3. The number of aromatic nitrogens is 1. The maximum atomic E-state index is 14.7. The lowest BCUT2D eigenvalue weighted by Gasteiger charge is -2.32. The minimum atomic E-state index is -4.64. The van der Waals surface area contributed by atoms with Gasteiger partial charge in [-0.25, -0.2) is 9.78 Å². The molecule has 3 aromatic carbocycles. The van der Waals surface area contributed by atoms with E-state index in [0.717, 1.165) is 44.2 Å². The summed E-state index contributed by atoms with van der Waals surface area (Å²) >= 11 is 0. The van der Waals surface area contributed by atoms with Crippen LogP contribution in [-0.4, -0.2) is 77.5 Å². The van der Waals surface area contributed by atoms with E-state index in [-0.39, 0.29) is 49.8 Å². The number of ketones is 1. The number of unbranched alkanes of at least 4 members (excludes halogenated alkanes) is 1. The number of nitrogens with zero attached hydrogens (tertiary/aromatic N) is 2. The molecule has 2 aliphatic rings. The standard InChI is InChI=1S/C43H50F3N5O7/c44-43(45,46)31-17-11-16-30(24-31)25-34(50-42(55)57-27-29-14-5-2-6-15-29)41(54)51-23-21-36(56-26-28-12-3-1-4-13-28)37(51)39(53)48-33(19-9-10-22-47)38(52)40-49-32-18-7-8-20-35(32)58-40/h2,5-8,11,14-18,20,24,28,33-34,36-37H,1,3-4,9-10,12-13,19,21-23,25-27,47H2,(H,48,53)(H,50,55)/t33-,34+,36-,37-/m0/s1. The normalized spacial score (nSPS) is 18.4. The van der Waals surface area contributed by atoms with E-state index in [1.165, 1.54) is 17.0 Å². The topological polar surface area (TPSA) is 166 Å². The molecule has 0 bridgehead atoms. The third kappa shape index (κ3) is 11.2. The summed E-state index contributed by atoms with van der Waals surface area (Å²) in [7, 11) is 0. The molecule has 0 spiro atoms. The fraction of sp³-hybridized carbons (Fsp3) is 0.465. The molecule has 4 aromatic rings. The van der Waals surface area contributed by atoms with Gasteiger partial charge in [-0.15, -0.1) is 0 Å². The highest BCUT2D eigenvalue weighted by atomic mass is 19.4.